The molecule has 0 aromatic rings. The Labute approximate surface area is 103 Å². The second kappa shape index (κ2) is 7.30. The van der Waals surface area contributed by atoms with E-state index in [-0.39, 0.29) is 17.9 Å². The summed E-state index contributed by atoms with van der Waals surface area (Å²) >= 11 is 0. The maximum Gasteiger partial charge on any atom is 0.306 e. The Morgan fingerprint density at radius 3 is 2.71 bits per heavy atom. The molecule has 1 aliphatic carbocycles. The third-order valence-electron chi connectivity index (χ3n) is 3.40. The molecule has 0 bridgehead atoms. The Morgan fingerprint density at radius 1 is 1.29 bits per heavy atom. The highest BCUT2D eigenvalue weighted by molar-refractivity contribution is 5.76. The maximum absolute atomic E-state index is 11.6. The zero-order chi connectivity index (χ0) is 12.7. The largest absolute Gasteiger partial charge is 0.481 e. The van der Waals surface area contributed by atoms with Crippen LogP contribution in [0.4, 0.5) is 0 Å². The van der Waals surface area contributed by atoms with Crippen LogP contribution in [0.5, 0.6) is 0 Å². The van der Waals surface area contributed by atoms with Gasteiger partial charge in [0.05, 0.1) is 5.92 Å². The average molecular weight is 241 g/mol. The van der Waals surface area contributed by atoms with Gasteiger partial charge >= 0.3 is 5.97 Å². The van der Waals surface area contributed by atoms with Crippen LogP contribution in [-0.2, 0) is 9.59 Å². The first-order valence-electron chi connectivity index (χ1n) is 6.65. The summed E-state index contributed by atoms with van der Waals surface area (Å²) in [4.78, 5) is 22.5. The van der Waals surface area contributed by atoms with Crippen molar-refractivity contribution in [1.29, 1.82) is 0 Å². The van der Waals surface area contributed by atoms with Gasteiger partial charge in [-0.05, 0) is 25.7 Å². The fourth-order valence-electron chi connectivity index (χ4n) is 2.38. The van der Waals surface area contributed by atoms with Gasteiger partial charge in [-0.15, -0.1) is 0 Å². The summed E-state index contributed by atoms with van der Waals surface area (Å²) in [6.07, 6.45) is 6.85. The number of nitrogens with one attached hydrogen (secondary N) is 1. The number of hydrogen-bond donors (Lipinski definition) is 2. The molecule has 1 aliphatic rings. The summed E-state index contributed by atoms with van der Waals surface area (Å²) < 4.78 is 0. The minimum Gasteiger partial charge on any atom is -0.481 e. The van der Waals surface area contributed by atoms with E-state index >= 15 is 0 Å². The monoisotopic (exact) mass is 241 g/mol. The lowest BCUT2D eigenvalue weighted by Gasteiger charge is -2.27. The lowest BCUT2D eigenvalue weighted by atomic mass is 9.86. The number of carbonyl (C=O) groups excluding carboxylic acids is 1. The Hall–Kier alpha value is -1.06. The predicted octanol–water partition coefficient (Wildman–Crippen LogP) is 2.33. The fraction of sp³-hybridized carbons (Fsp3) is 0.846. The van der Waals surface area contributed by atoms with E-state index in [2.05, 4.69) is 12.2 Å². The van der Waals surface area contributed by atoms with E-state index in [9.17, 15) is 9.59 Å². The van der Waals surface area contributed by atoms with E-state index in [1.54, 1.807) is 0 Å². The first kappa shape index (κ1) is 14.0. The van der Waals surface area contributed by atoms with Crippen LogP contribution in [0.25, 0.3) is 0 Å². The highest BCUT2D eigenvalue weighted by atomic mass is 16.4. The van der Waals surface area contributed by atoms with E-state index in [0.29, 0.717) is 12.8 Å². The Morgan fingerprint density at radius 2 is 2.06 bits per heavy atom. The number of unbranched alkanes of at least 4 members (excludes halogenated alkanes) is 2. The molecular weight excluding hydrogens is 218 g/mol. The van der Waals surface area contributed by atoms with Crippen LogP contribution < -0.4 is 5.32 Å². The molecule has 1 amide bonds. The molecule has 2 atom stereocenters. The first-order valence-corrected chi connectivity index (χ1v) is 6.65. The molecule has 0 saturated heterocycles. The number of carbonyl (C=O) groups is 2. The van der Waals surface area contributed by atoms with E-state index in [4.69, 9.17) is 5.11 Å². The summed E-state index contributed by atoms with van der Waals surface area (Å²) in [5.41, 5.74) is 0. The third-order valence-corrected chi connectivity index (χ3v) is 3.40. The van der Waals surface area contributed by atoms with Crippen molar-refractivity contribution in [2.75, 3.05) is 0 Å². The standard InChI is InChI=1S/C13H23NO3/c1-2-3-4-8-12(15)14-11-7-5-6-10(9-11)13(16)17/h10-11H,2-9H2,1H3,(H,14,15)(H,16,17)/t10-,11-/m1/s1. The zero-order valence-corrected chi connectivity index (χ0v) is 10.6. The number of amides is 1. The van der Waals surface area contributed by atoms with Crippen molar-refractivity contribution in [3.05, 3.63) is 0 Å². The molecule has 1 fully saturated rings. The fourth-order valence-corrected chi connectivity index (χ4v) is 2.38. The van der Waals surface area contributed by atoms with Crippen LogP contribution in [0.3, 0.4) is 0 Å². The molecule has 0 unspecified atom stereocenters. The minimum atomic E-state index is -0.727. The molecule has 0 heterocycles. The van der Waals surface area contributed by atoms with Gasteiger partial charge < -0.3 is 10.4 Å². The molecule has 1 saturated carbocycles. The molecule has 0 aromatic carbocycles. The van der Waals surface area contributed by atoms with Gasteiger partial charge in [0, 0.05) is 12.5 Å². The number of carboxylic acids is 1. The highest BCUT2D eigenvalue weighted by Gasteiger charge is 2.27. The summed E-state index contributed by atoms with van der Waals surface area (Å²) in [5, 5.41) is 11.9. The smallest absolute Gasteiger partial charge is 0.306 e. The van der Waals surface area contributed by atoms with Crippen LogP contribution in [-0.4, -0.2) is 23.0 Å². The van der Waals surface area contributed by atoms with Crippen molar-refractivity contribution in [2.45, 2.75) is 64.3 Å². The van der Waals surface area contributed by atoms with Crippen LogP contribution in [0.15, 0.2) is 0 Å². The molecule has 2 N–H and O–H groups in total. The SMILES string of the molecule is CCCCCC(=O)N[C@@H]1CCC[C@@H](C(=O)O)C1. The van der Waals surface area contributed by atoms with Crippen molar-refractivity contribution >= 4 is 11.9 Å². The lowest BCUT2D eigenvalue weighted by molar-refractivity contribution is -0.143. The second-order valence-corrected chi connectivity index (χ2v) is 4.92. The van der Waals surface area contributed by atoms with Gasteiger partial charge in [0.1, 0.15) is 0 Å². The van der Waals surface area contributed by atoms with Gasteiger partial charge in [0.2, 0.25) is 5.91 Å². The van der Waals surface area contributed by atoms with Gasteiger partial charge in [-0.2, -0.15) is 0 Å². The van der Waals surface area contributed by atoms with E-state index in [0.717, 1.165) is 38.5 Å². The van der Waals surface area contributed by atoms with Gasteiger partial charge in [0.25, 0.3) is 0 Å². The van der Waals surface area contributed by atoms with Crippen LogP contribution >= 0.6 is 0 Å². The molecule has 98 valence electrons. The number of rotatable bonds is 6. The van der Waals surface area contributed by atoms with Crippen LogP contribution in [0, 0.1) is 5.92 Å². The molecule has 17 heavy (non-hydrogen) atoms. The normalized spacial score (nSPS) is 24.3. The van der Waals surface area contributed by atoms with Crippen molar-refractivity contribution in [3.8, 4) is 0 Å². The minimum absolute atomic E-state index is 0.0685. The zero-order valence-electron chi connectivity index (χ0n) is 10.6. The Kier molecular flexibility index (Phi) is 6.01. The van der Waals surface area contributed by atoms with E-state index in [1.165, 1.54) is 0 Å². The number of hydrogen-bond acceptors (Lipinski definition) is 2. The van der Waals surface area contributed by atoms with Crippen LogP contribution in [0.2, 0.25) is 0 Å². The molecule has 0 aromatic heterocycles. The Bertz CT molecular complexity index is 265. The number of aliphatic carboxylic acids is 1. The van der Waals surface area contributed by atoms with Crippen molar-refractivity contribution in [3.63, 3.8) is 0 Å². The number of carboxylic acid groups (broad SMARTS) is 1. The molecule has 4 nitrogen and oxygen atoms in total. The summed E-state index contributed by atoms with van der Waals surface area (Å²) in [5.74, 6) is -0.922. The first-order chi connectivity index (χ1) is 8.13. The van der Waals surface area contributed by atoms with Crippen molar-refractivity contribution < 1.29 is 14.7 Å². The van der Waals surface area contributed by atoms with Gasteiger partial charge in [-0.3, -0.25) is 9.59 Å². The van der Waals surface area contributed by atoms with Crippen molar-refractivity contribution in [2.24, 2.45) is 5.92 Å². The van der Waals surface area contributed by atoms with Crippen LogP contribution in [0.1, 0.15) is 58.3 Å². The second-order valence-electron chi connectivity index (χ2n) is 4.92. The summed E-state index contributed by atoms with van der Waals surface area (Å²) in [6.45, 7) is 2.11. The van der Waals surface area contributed by atoms with Gasteiger partial charge in [-0.25, -0.2) is 0 Å². The average Bonchev–Trinajstić information content (AvgIpc) is 2.29. The molecule has 0 radical (unpaired) electrons. The molecule has 0 aliphatic heterocycles. The Balaban J connectivity index is 2.26. The summed E-state index contributed by atoms with van der Waals surface area (Å²) in [6, 6.07) is 0.0685. The van der Waals surface area contributed by atoms with Gasteiger partial charge in [-0.1, -0.05) is 26.2 Å². The predicted molar refractivity (Wildman–Crippen MR) is 65.7 cm³/mol. The molecular formula is C13H23NO3. The molecule has 4 heteroatoms. The molecule has 1 rings (SSSR count). The third kappa shape index (κ3) is 5.20. The summed E-state index contributed by atoms with van der Waals surface area (Å²) in [7, 11) is 0. The quantitative estimate of drug-likeness (QED) is 0.701. The van der Waals surface area contributed by atoms with E-state index in [1.807, 2.05) is 0 Å². The molecule has 0 spiro atoms. The topological polar surface area (TPSA) is 66.4 Å². The maximum atomic E-state index is 11.6. The van der Waals surface area contributed by atoms with E-state index < -0.39 is 5.97 Å². The highest BCUT2D eigenvalue weighted by Crippen LogP contribution is 2.24. The van der Waals surface area contributed by atoms with Crippen molar-refractivity contribution in [1.82, 2.24) is 5.32 Å². The van der Waals surface area contributed by atoms with Gasteiger partial charge in [0.15, 0.2) is 0 Å². The lowest BCUT2D eigenvalue weighted by Crippen LogP contribution is -2.39.